The van der Waals surface area contributed by atoms with Gasteiger partial charge in [-0.05, 0) is 0 Å². The van der Waals surface area contributed by atoms with E-state index < -0.39 is 0 Å². The van der Waals surface area contributed by atoms with Crippen LogP contribution in [-0.4, -0.2) is 84.3 Å². The van der Waals surface area contributed by atoms with E-state index in [-0.39, 0.29) is 6.61 Å². The van der Waals surface area contributed by atoms with Crippen LogP contribution in [0.2, 0.25) is 0 Å². The van der Waals surface area contributed by atoms with Crippen LogP contribution in [0.1, 0.15) is 0 Å². The topological polar surface area (TPSA) is 104 Å². The summed E-state index contributed by atoms with van der Waals surface area (Å²) in [5, 5.41) is 8.47. The van der Waals surface area contributed by atoms with Crippen LogP contribution in [0.15, 0.2) is 0 Å². The number of nitrogens with two attached hydrogens (primary N) is 1. The quantitative estimate of drug-likeness (QED) is 0.170. The SMILES string of the molecule is NNCCOCCOCCOCCOCCOCCO. The number of hydrazine groups is 1. The van der Waals surface area contributed by atoms with Crippen LogP contribution < -0.4 is 11.3 Å². The van der Waals surface area contributed by atoms with Crippen LogP contribution >= 0.6 is 0 Å². The van der Waals surface area contributed by atoms with Crippen LogP contribution in [0, 0.1) is 0 Å². The lowest BCUT2D eigenvalue weighted by Crippen LogP contribution is -2.26. The molecule has 0 aromatic rings. The zero-order chi connectivity index (χ0) is 14.7. The van der Waals surface area contributed by atoms with Crippen LogP contribution in [0.3, 0.4) is 0 Å². The van der Waals surface area contributed by atoms with E-state index in [1.807, 2.05) is 0 Å². The Morgan fingerprint density at radius 1 is 0.600 bits per heavy atom. The average Bonchev–Trinajstić information content (AvgIpc) is 2.47. The number of nitrogens with one attached hydrogen (secondary N) is 1. The molecule has 122 valence electrons. The Labute approximate surface area is 120 Å². The lowest BCUT2D eigenvalue weighted by molar-refractivity contribution is -0.0130. The molecule has 0 aliphatic rings. The van der Waals surface area contributed by atoms with Gasteiger partial charge in [0, 0.05) is 6.54 Å². The molecule has 0 amide bonds. The Balaban J connectivity index is 2.89. The number of hydrogen-bond acceptors (Lipinski definition) is 8. The molecule has 0 radical (unpaired) electrons. The summed E-state index contributed by atoms with van der Waals surface area (Å²) in [7, 11) is 0. The largest absolute Gasteiger partial charge is 0.394 e. The first-order valence-electron chi connectivity index (χ1n) is 6.85. The maximum Gasteiger partial charge on any atom is 0.0701 e. The van der Waals surface area contributed by atoms with E-state index in [1.165, 1.54) is 0 Å². The monoisotopic (exact) mass is 296 g/mol. The van der Waals surface area contributed by atoms with Gasteiger partial charge in [-0.3, -0.25) is 11.3 Å². The van der Waals surface area contributed by atoms with E-state index in [2.05, 4.69) is 5.43 Å². The smallest absolute Gasteiger partial charge is 0.0701 e. The standard InChI is InChI=1S/C12H28N2O6/c13-14-1-3-16-5-7-18-9-11-20-12-10-19-8-6-17-4-2-15/h14-15H,1-13H2. The average molecular weight is 296 g/mol. The van der Waals surface area contributed by atoms with Crippen molar-refractivity contribution in [3.8, 4) is 0 Å². The Morgan fingerprint density at radius 3 is 1.30 bits per heavy atom. The van der Waals surface area contributed by atoms with E-state index in [1.54, 1.807) is 0 Å². The molecule has 0 unspecified atom stereocenters. The zero-order valence-corrected chi connectivity index (χ0v) is 12.1. The van der Waals surface area contributed by atoms with E-state index in [4.69, 9.17) is 34.6 Å². The van der Waals surface area contributed by atoms with Gasteiger partial charge in [-0.1, -0.05) is 0 Å². The number of rotatable bonds is 17. The van der Waals surface area contributed by atoms with Gasteiger partial charge in [0.1, 0.15) is 0 Å². The summed E-state index contributed by atoms with van der Waals surface area (Å²) in [6.07, 6.45) is 0. The molecule has 0 atom stereocenters. The molecule has 0 aliphatic carbocycles. The molecule has 0 aromatic heterocycles. The summed E-state index contributed by atoms with van der Waals surface area (Å²) in [4.78, 5) is 0. The molecule has 0 fully saturated rings. The number of aliphatic hydroxyl groups is 1. The van der Waals surface area contributed by atoms with E-state index in [0.717, 1.165) is 0 Å². The molecule has 20 heavy (non-hydrogen) atoms. The summed E-state index contributed by atoms with van der Waals surface area (Å²) in [6.45, 7) is 5.83. The zero-order valence-electron chi connectivity index (χ0n) is 12.1. The summed E-state index contributed by atoms with van der Waals surface area (Å²) in [6, 6.07) is 0. The third-order valence-electron chi connectivity index (χ3n) is 2.11. The summed E-state index contributed by atoms with van der Waals surface area (Å²) in [5.41, 5.74) is 2.50. The molecule has 0 spiro atoms. The van der Waals surface area contributed by atoms with Gasteiger partial charge < -0.3 is 28.8 Å². The summed E-state index contributed by atoms with van der Waals surface area (Å²) in [5.74, 6) is 5.08. The lowest BCUT2D eigenvalue weighted by Gasteiger charge is -2.07. The van der Waals surface area contributed by atoms with Crippen molar-refractivity contribution in [3.63, 3.8) is 0 Å². The minimum absolute atomic E-state index is 0.0397. The summed E-state index contributed by atoms with van der Waals surface area (Å²) >= 11 is 0. The van der Waals surface area contributed by atoms with E-state index in [9.17, 15) is 0 Å². The Kier molecular flexibility index (Phi) is 18.4. The van der Waals surface area contributed by atoms with Gasteiger partial charge in [-0.2, -0.15) is 0 Å². The maximum absolute atomic E-state index is 8.47. The lowest BCUT2D eigenvalue weighted by atomic mass is 10.6. The third kappa shape index (κ3) is 17.7. The van der Waals surface area contributed by atoms with Crippen molar-refractivity contribution in [2.75, 3.05) is 79.2 Å². The fourth-order valence-electron chi connectivity index (χ4n) is 1.18. The maximum atomic E-state index is 8.47. The second-order valence-corrected chi connectivity index (χ2v) is 3.74. The molecule has 4 N–H and O–H groups in total. The van der Waals surface area contributed by atoms with Crippen LogP contribution in [-0.2, 0) is 23.7 Å². The molecular formula is C12H28N2O6. The molecule has 0 bridgehead atoms. The Bertz CT molecular complexity index is 158. The predicted octanol–water partition coefficient (Wildman–Crippen LogP) is -1.47. The van der Waals surface area contributed by atoms with Crippen molar-refractivity contribution >= 4 is 0 Å². The predicted molar refractivity (Wildman–Crippen MR) is 73.4 cm³/mol. The Morgan fingerprint density at radius 2 is 0.950 bits per heavy atom. The van der Waals surface area contributed by atoms with Crippen molar-refractivity contribution in [1.82, 2.24) is 5.43 Å². The van der Waals surface area contributed by atoms with Crippen LogP contribution in [0.5, 0.6) is 0 Å². The van der Waals surface area contributed by atoms with E-state index in [0.29, 0.717) is 72.6 Å². The highest BCUT2D eigenvalue weighted by Gasteiger charge is 1.93. The molecule has 8 nitrogen and oxygen atoms in total. The van der Waals surface area contributed by atoms with Crippen molar-refractivity contribution in [2.24, 2.45) is 5.84 Å². The normalized spacial score (nSPS) is 11.1. The molecule has 0 rings (SSSR count). The van der Waals surface area contributed by atoms with Crippen molar-refractivity contribution in [3.05, 3.63) is 0 Å². The van der Waals surface area contributed by atoms with Crippen LogP contribution in [0.4, 0.5) is 0 Å². The molecule has 0 aliphatic heterocycles. The second kappa shape index (κ2) is 18.7. The fraction of sp³-hybridized carbons (Fsp3) is 1.00. The van der Waals surface area contributed by atoms with Gasteiger partial charge in [0.25, 0.3) is 0 Å². The second-order valence-electron chi connectivity index (χ2n) is 3.74. The highest BCUT2D eigenvalue weighted by Crippen LogP contribution is 1.83. The van der Waals surface area contributed by atoms with Gasteiger partial charge in [0.2, 0.25) is 0 Å². The highest BCUT2D eigenvalue weighted by atomic mass is 16.6. The number of ether oxygens (including phenoxy) is 5. The van der Waals surface area contributed by atoms with Crippen molar-refractivity contribution in [2.45, 2.75) is 0 Å². The van der Waals surface area contributed by atoms with Gasteiger partial charge in [-0.15, -0.1) is 0 Å². The molecular weight excluding hydrogens is 268 g/mol. The van der Waals surface area contributed by atoms with Gasteiger partial charge in [0.15, 0.2) is 0 Å². The molecule has 0 saturated heterocycles. The summed E-state index contributed by atoms with van der Waals surface area (Å²) < 4.78 is 26.1. The first-order chi connectivity index (χ1) is 9.91. The molecule has 8 heteroatoms. The molecule has 0 aromatic carbocycles. The minimum atomic E-state index is 0.0397. The van der Waals surface area contributed by atoms with Gasteiger partial charge >= 0.3 is 0 Å². The number of aliphatic hydroxyl groups excluding tert-OH is 1. The third-order valence-corrected chi connectivity index (χ3v) is 2.11. The minimum Gasteiger partial charge on any atom is -0.394 e. The van der Waals surface area contributed by atoms with Crippen LogP contribution in [0.25, 0.3) is 0 Å². The highest BCUT2D eigenvalue weighted by molar-refractivity contribution is 4.37. The van der Waals surface area contributed by atoms with Gasteiger partial charge in [-0.25, -0.2) is 0 Å². The molecule has 0 saturated carbocycles. The van der Waals surface area contributed by atoms with E-state index >= 15 is 0 Å². The first kappa shape index (κ1) is 19.7. The Hall–Kier alpha value is -0.320. The number of hydrogen-bond donors (Lipinski definition) is 3. The van der Waals surface area contributed by atoms with Crippen molar-refractivity contribution in [1.29, 1.82) is 0 Å². The molecule has 0 heterocycles. The van der Waals surface area contributed by atoms with Crippen molar-refractivity contribution < 1.29 is 28.8 Å². The first-order valence-corrected chi connectivity index (χ1v) is 6.85. The fourth-order valence-corrected chi connectivity index (χ4v) is 1.18. The van der Waals surface area contributed by atoms with Gasteiger partial charge in [0.05, 0.1) is 72.7 Å².